The van der Waals surface area contributed by atoms with Crippen LogP contribution in [0.3, 0.4) is 0 Å². The minimum atomic E-state index is 0.135. The van der Waals surface area contributed by atoms with Gasteiger partial charge in [0, 0.05) is 37.0 Å². The molecule has 2 atom stereocenters. The summed E-state index contributed by atoms with van der Waals surface area (Å²) in [7, 11) is 2.12. The SMILES string of the molecule is CC(N)Cc1ccc(N(C)CC2CCCOC2)cc1Cl. The maximum absolute atomic E-state index is 6.35. The molecule has 0 bridgehead atoms. The maximum atomic E-state index is 6.35. The van der Waals surface area contributed by atoms with Crippen molar-refractivity contribution in [3.05, 3.63) is 28.8 Å². The molecule has 0 saturated carbocycles. The van der Waals surface area contributed by atoms with Crippen molar-refractivity contribution in [1.82, 2.24) is 0 Å². The summed E-state index contributed by atoms with van der Waals surface area (Å²) >= 11 is 6.35. The molecular formula is C16H25ClN2O. The second-order valence-corrected chi connectivity index (χ2v) is 6.33. The summed E-state index contributed by atoms with van der Waals surface area (Å²) in [4.78, 5) is 2.26. The summed E-state index contributed by atoms with van der Waals surface area (Å²) in [6, 6.07) is 6.40. The van der Waals surface area contributed by atoms with Crippen molar-refractivity contribution in [2.24, 2.45) is 11.7 Å². The van der Waals surface area contributed by atoms with Crippen molar-refractivity contribution in [2.75, 3.05) is 31.7 Å². The van der Waals surface area contributed by atoms with Crippen molar-refractivity contribution < 1.29 is 4.74 Å². The molecule has 0 aliphatic carbocycles. The Labute approximate surface area is 127 Å². The molecule has 2 N–H and O–H groups in total. The minimum absolute atomic E-state index is 0.135. The van der Waals surface area contributed by atoms with Gasteiger partial charge in [-0.15, -0.1) is 0 Å². The number of hydrogen-bond donors (Lipinski definition) is 1. The normalized spacial score (nSPS) is 20.7. The highest BCUT2D eigenvalue weighted by atomic mass is 35.5. The fourth-order valence-electron chi connectivity index (χ4n) is 2.73. The fraction of sp³-hybridized carbons (Fsp3) is 0.625. The van der Waals surface area contributed by atoms with Gasteiger partial charge in [0.05, 0.1) is 6.61 Å². The van der Waals surface area contributed by atoms with Gasteiger partial charge >= 0.3 is 0 Å². The summed E-state index contributed by atoms with van der Waals surface area (Å²) in [5.74, 6) is 0.622. The topological polar surface area (TPSA) is 38.5 Å². The minimum Gasteiger partial charge on any atom is -0.381 e. The van der Waals surface area contributed by atoms with E-state index in [-0.39, 0.29) is 6.04 Å². The zero-order chi connectivity index (χ0) is 14.5. The van der Waals surface area contributed by atoms with Gasteiger partial charge in [0.1, 0.15) is 0 Å². The summed E-state index contributed by atoms with van der Waals surface area (Å²) in [6.45, 7) is 4.81. The quantitative estimate of drug-likeness (QED) is 0.907. The number of nitrogens with two attached hydrogens (primary N) is 1. The third-order valence-electron chi connectivity index (χ3n) is 3.81. The molecule has 3 nitrogen and oxygen atoms in total. The van der Waals surface area contributed by atoms with E-state index in [1.807, 2.05) is 13.0 Å². The van der Waals surface area contributed by atoms with Crippen molar-refractivity contribution in [3.63, 3.8) is 0 Å². The highest BCUT2D eigenvalue weighted by Gasteiger charge is 2.16. The average Bonchev–Trinajstić information content (AvgIpc) is 2.41. The number of halogens is 1. The zero-order valence-corrected chi connectivity index (χ0v) is 13.2. The molecule has 2 rings (SSSR count). The van der Waals surface area contributed by atoms with E-state index in [0.29, 0.717) is 5.92 Å². The van der Waals surface area contributed by atoms with Gasteiger partial charge in [0.2, 0.25) is 0 Å². The number of hydrogen-bond acceptors (Lipinski definition) is 3. The number of rotatable bonds is 5. The van der Waals surface area contributed by atoms with Gasteiger partial charge in [-0.3, -0.25) is 0 Å². The second kappa shape index (κ2) is 7.30. The molecule has 20 heavy (non-hydrogen) atoms. The monoisotopic (exact) mass is 296 g/mol. The molecule has 0 radical (unpaired) electrons. The van der Waals surface area contributed by atoms with Crippen LogP contribution in [0.5, 0.6) is 0 Å². The van der Waals surface area contributed by atoms with E-state index in [2.05, 4.69) is 24.1 Å². The molecule has 1 aromatic carbocycles. The maximum Gasteiger partial charge on any atom is 0.0511 e. The van der Waals surface area contributed by atoms with Crippen LogP contribution >= 0.6 is 11.6 Å². The standard InChI is InChI=1S/C16H25ClN2O/c1-12(18)8-14-5-6-15(9-16(14)17)19(2)10-13-4-3-7-20-11-13/h5-6,9,12-13H,3-4,7-8,10-11,18H2,1-2H3. The summed E-state index contributed by atoms with van der Waals surface area (Å²) in [6.07, 6.45) is 3.24. The molecule has 1 aromatic rings. The first-order valence-electron chi connectivity index (χ1n) is 7.39. The smallest absolute Gasteiger partial charge is 0.0511 e. The Morgan fingerprint density at radius 3 is 2.90 bits per heavy atom. The molecule has 1 aliphatic rings. The summed E-state index contributed by atoms with van der Waals surface area (Å²) < 4.78 is 5.54. The molecule has 0 aromatic heterocycles. The van der Waals surface area contributed by atoms with Gasteiger partial charge in [0.15, 0.2) is 0 Å². The lowest BCUT2D eigenvalue weighted by molar-refractivity contribution is 0.0576. The number of nitrogens with zero attached hydrogens (tertiary/aromatic N) is 1. The van der Waals surface area contributed by atoms with E-state index in [4.69, 9.17) is 22.1 Å². The first kappa shape index (κ1) is 15.6. The van der Waals surface area contributed by atoms with E-state index in [1.54, 1.807) is 0 Å². The number of anilines is 1. The largest absolute Gasteiger partial charge is 0.381 e. The highest BCUT2D eigenvalue weighted by Crippen LogP contribution is 2.25. The van der Waals surface area contributed by atoms with Crippen molar-refractivity contribution in [1.29, 1.82) is 0 Å². The molecule has 0 spiro atoms. The molecule has 0 amide bonds. The molecule has 2 unspecified atom stereocenters. The van der Waals surface area contributed by atoms with Gasteiger partial charge in [0.25, 0.3) is 0 Å². The Morgan fingerprint density at radius 2 is 2.30 bits per heavy atom. The summed E-state index contributed by atoms with van der Waals surface area (Å²) in [5.41, 5.74) is 8.12. The van der Waals surface area contributed by atoms with Crippen molar-refractivity contribution >= 4 is 17.3 Å². The second-order valence-electron chi connectivity index (χ2n) is 5.92. The Hall–Kier alpha value is -0.770. The lowest BCUT2D eigenvalue weighted by Gasteiger charge is -2.28. The predicted molar refractivity (Wildman–Crippen MR) is 85.6 cm³/mol. The molecule has 1 heterocycles. The molecule has 1 saturated heterocycles. The number of ether oxygens (including phenoxy) is 1. The van der Waals surface area contributed by atoms with Crippen LogP contribution in [0.15, 0.2) is 18.2 Å². The van der Waals surface area contributed by atoms with Gasteiger partial charge in [-0.1, -0.05) is 17.7 Å². The lowest BCUT2D eigenvalue weighted by atomic mass is 10.0. The predicted octanol–water partition coefficient (Wildman–Crippen LogP) is 3.09. The Balaban J connectivity index is 1.98. The zero-order valence-electron chi connectivity index (χ0n) is 12.4. The third kappa shape index (κ3) is 4.37. The Kier molecular flexibility index (Phi) is 5.70. The van der Waals surface area contributed by atoms with Crippen LogP contribution in [0.25, 0.3) is 0 Å². The molecule has 1 fully saturated rings. The van der Waals surface area contributed by atoms with Crippen molar-refractivity contribution in [2.45, 2.75) is 32.2 Å². The highest BCUT2D eigenvalue weighted by molar-refractivity contribution is 6.31. The number of benzene rings is 1. The summed E-state index contributed by atoms with van der Waals surface area (Å²) in [5, 5.41) is 0.812. The van der Waals surface area contributed by atoms with Crippen LogP contribution < -0.4 is 10.6 Å². The van der Waals surface area contributed by atoms with Crippen LogP contribution in [0.2, 0.25) is 5.02 Å². The van der Waals surface area contributed by atoms with Gasteiger partial charge in [-0.2, -0.15) is 0 Å². The molecule has 1 aliphatic heterocycles. The van der Waals surface area contributed by atoms with Gasteiger partial charge < -0.3 is 15.4 Å². The lowest BCUT2D eigenvalue weighted by Crippen LogP contribution is -2.30. The first-order chi connectivity index (χ1) is 9.56. The Morgan fingerprint density at radius 1 is 1.50 bits per heavy atom. The van der Waals surface area contributed by atoms with E-state index in [1.165, 1.54) is 12.8 Å². The first-order valence-corrected chi connectivity index (χ1v) is 7.77. The molecular weight excluding hydrogens is 272 g/mol. The van der Waals surface area contributed by atoms with E-state index in [0.717, 1.165) is 42.5 Å². The van der Waals surface area contributed by atoms with Gasteiger partial charge in [-0.25, -0.2) is 0 Å². The van der Waals surface area contributed by atoms with E-state index >= 15 is 0 Å². The van der Waals surface area contributed by atoms with Crippen LogP contribution in [0, 0.1) is 5.92 Å². The van der Waals surface area contributed by atoms with Gasteiger partial charge in [-0.05, 0) is 49.8 Å². The molecule has 4 heteroatoms. The molecule has 112 valence electrons. The average molecular weight is 297 g/mol. The fourth-order valence-corrected chi connectivity index (χ4v) is 2.98. The van der Waals surface area contributed by atoms with E-state index in [9.17, 15) is 0 Å². The van der Waals surface area contributed by atoms with E-state index < -0.39 is 0 Å². The van der Waals surface area contributed by atoms with Crippen LogP contribution in [-0.4, -0.2) is 32.8 Å². The van der Waals surface area contributed by atoms with Crippen molar-refractivity contribution in [3.8, 4) is 0 Å². The third-order valence-corrected chi connectivity index (χ3v) is 4.16. The van der Waals surface area contributed by atoms with Crippen LogP contribution in [0.4, 0.5) is 5.69 Å². The van der Waals surface area contributed by atoms with Crippen LogP contribution in [0.1, 0.15) is 25.3 Å². The van der Waals surface area contributed by atoms with Crippen LogP contribution in [-0.2, 0) is 11.2 Å². The Bertz CT molecular complexity index is 430.